The Balaban J connectivity index is 3.07. The molecule has 0 radical (unpaired) electrons. The molecule has 0 aliphatic rings. The van der Waals surface area contributed by atoms with Gasteiger partial charge in [-0.15, -0.1) is 0 Å². The Labute approximate surface area is 120 Å². The molecule has 0 aliphatic heterocycles. The molecular formula is C14H17F4NO2. The van der Waals surface area contributed by atoms with Crippen LogP contribution in [0.2, 0.25) is 0 Å². The summed E-state index contributed by atoms with van der Waals surface area (Å²) in [6.07, 6.45) is -4.61. The van der Waals surface area contributed by atoms with Crippen LogP contribution in [0.15, 0.2) is 18.2 Å². The Morgan fingerprint density at radius 1 is 1.33 bits per heavy atom. The van der Waals surface area contributed by atoms with Gasteiger partial charge in [0, 0.05) is 6.04 Å². The maximum atomic E-state index is 13.9. The van der Waals surface area contributed by atoms with Crippen LogP contribution in [-0.4, -0.2) is 25.2 Å². The lowest BCUT2D eigenvalue weighted by atomic mass is 10.1. The topological polar surface area (TPSA) is 29.5 Å². The fraction of sp³-hybridized carbons (Fsp3) is 0.500. The summed E-state index contributed by atoms with van der Waals surface area (Å²) in [7, 11) is 0. The maximum Gasteiger partial charge on any atom is 0.416 e. The normalized spacial score (nSPS) is 11.6. The van der Waals surface area contributed by atoms with Gasteiger partial charge in [-0.25, -0.2) is 4.39 Å². The fourth-order valence-corrected chi connectivity index (χ4v) is 1.81. The fourth-order valence-electron chi connectivity index (χ4n) is 1.81. The highest BCUT2D eigenvalue weighted by molar-refractivity contribution is 5.76. The molecule has 118 valence electrons. The van der Waals surface area contributed by atoms with Crippen molar-refractivity contribution >= 4 is 11.7 Å². The average Bonchev–Trinajstić information content (AvgIpc) is 2.35. The zero-order valence-corrected chi connectivity index (χ0v) is 12.0. The zero-order chi connectivity index (χ0) is 16.2. The van der Waals surface area contributed by atoms with Gasteiger partial charge in [0.1, 0.15) is 12.4 Å². The summed E-state index contributed by atoms with van der Waals surface area (Å²) in [6.45, 7) is 5.00. The standard InChI is InChI=1S/C14H17F4NO2/c1-4-21-13(20)8-19(9(2)3)12-6-5-10(7-11(12)15)14(16,17)18/h5-7,9H,4,8H2,1-3H3. The van der Waals surface area contributed by atoms with E-state index < -0.39 is 23.5 Å². The summed E-state index contributed by atoms with van der Waals surface area (Å²) < 4.78 is 56.3. The van der Waals surface area contributed by atoms with Crippen LogP contribution in [0, 0.1) is 5.82 Å². The molecule has 0 unspecified atom stereocenters. The molecule has 0 saturated carbocycles. The van der Waals surface area contributed by atoms with Gasteiger partial charge >= 0.3 is 12.1 Å². The van der Waals surface area contributed by atoms with Crippen LogP contribution in [0.1, 0.15) is 26.3 Å². The summed E-state index contributed by atoms with van der Waals surface area (Å²) in [4.78, 5) is 12.9. The summed E-state index contributed by atoms with van der Waals surface area (Å²) >= 11 is 0. The number of hydrogen-bond donors (Lipinski definition) is 0. The SMILES string of the molecule is CCOC(=O)CN(c1ccc(C(F)(F)F)cc1F)C(C)C. The zero-order valence-electron chi connectivity index (χ0n) is 12.0. The number of rotatable bonds is 5. The second-order valence-corrected chi connectivity index (χ2v) is 4.69. The van der Waals surface area contributed by atoms with E-state index in [0.717, 1.165) is 12.1 Å². The van der Waals surface area contributed by atoms with E-state index in [1.807, 2.05) is 0 Å². The predicted octanol–water partition coefficient (Wildman–Crippen LogP) is 3.62. The number of halogens is 4. The molecule has 0 spiro atoms. The number of nitrogens with zero attached hydrogens (tertiary/aromatic N) is 1. The predicted molar refractivity (Wildman–Crippen MR) is 70.5 cm³/mol. The minimum absolute atomic E-state index is 0.0638. The Morgan fingerprint density at radius 2 is 1.95 bits per heavy atom. The third-order valence-electron chi connectivity index (χ3n) is 2.81. The van der Waals surface area contributed by atoms with Crippen molar-refractivity contribution in [2.45, 2.75) is 33.0 Å². The first kappa shape index (κ1) is 17.3. The molecule has 3 nitrogen and oxygen atoms in total. The summed E-state index contributed by atoms with van der Waals surface area (Å²) in [6, 6.07) is 1.97. The highest BCUT2D eigenvalue weighted by Gasteiger charge is 2.32. The molecule has 7 heteroatoms. The van der Waals surface area contributed by atoms with Crippen molar-refractivity contribution in [1.82, 2.24) is 0 Å². The Morgan fingerprint density at radius 3 is 2.38 bits per heavy atom. The number of hydrogen-bond acceptors (Lipinski definition) is 3. The summed E-state index contributed by atoms with van der Waals surface area (Å²) in [5.41, 5.74) is -1.13. The van der Waals surface area contributed by atoms with Crippen LogP contribution in [0.3, 0.4) is 0 Å². The molecule has 0 atom stereocenters. The van der Waals surface area contributed by atoms with Crippen molar-refractivity contribution < 1.29 is 27.1 Å². The number of anilines is 1. The maximum absolute atomic E-state index is 13.9. The average molecular weight is 307 g/mol. The van der Waals surface area contributed by atoms with Crippen LogP contribution in [0.4, 0.5) is 23.2 Å². The van der Waals surface area contributed by atoms with Gasteiger partial charge in [-0.1, -0.05) is 0 Å². The van der Waals surface area contributed by atoms with Crippen molar-refractivity contribution in [3.8, 4) is 0 Å². The third-order valence-corrected chi connectivity index (χ3v) is 2.81. The minimum atomic E-state index is -4.61. The number of ether oxygens (including phenoxy) is 1. The highest BCUT2D eigenvalue weighted by Crippen LogP contribution is 2.32. The summed E-state index contributed by atoms with van der Waals surface area (Å²) in [5, 5.41) is 0. The molecule has 0 bridgehead atoms. The molecule has 21 heavy (non-hydrogen) atoms. The number of carbonyl (C=O) groups is 1. The molecule has 1 rings (SSSR count). The quantitative estimate of drug-likeness (QED) is 0.614. The van der Waals surface area contributed by atoms with E-state index in [-0.39, 0.29) is 24.9 Å². The lowest BCUT2D eigenvalue weighted by Crippen LogP contribution is -2.37. The van der Waals surface area contributed by atoms with Crippen molar-refractivity contribution in [3.05, 3.63) is 29.6 Å². The van der Waals surface area contributed by atoms with Crippen molar-refractivity contribution in [1.29, 1.82) is 0 Å². The van der Waals surface area contributed by atoms with Crippen molar-refractivity contribution in [3.63, 3.8) is 0 Å². The van der Waals surface area contributed by atoms with E-state index in [0.29, 0.717) is 6.07 Å². The molecule has 1 aromatic rings. The van der Waals surface area contributed by atoms with E-state index in [1.54, 1.807) is 20.8 Å². The van der Waals surface area contributed by atoms with Gasteiger partial charge in [0.15, 0.2) is 0 Å². The molecular weight excluding hydrogens is 290 g/mol. The molecule has 1 aromatic carbocycles. The number of alkyl halides is 3. The molecule has 0 N–H and O–H groups in total. The first-order valence-corrected chi connectivity index (χ1v) is 6.45. The number of esters is 1. The van der Waals surface area contributed by atoms with Gasteiger partial charge in [-0.3, -0.25) is 4.79 Å². The molecule has 0 aromatic heterocycles. The lowest BCUT2D eigenvalue weighted by Gasteiger charge is -2.28. The van der Waals surface area contributed by atoms with E-state index in [1.165, 1.54) is 4.90 Å². The number of benzene rings is 1. The molecule has 0 heterocycles. The van der Waals surface area contributed by atoms with Gasteiger partial charge in [0.25, 0.3) is 0 Å². The van der Waals surface area contributed by atoms with Crippen LogP contribution in [0.25, 0.3) is 0 Å². The van der Waals surface area contributed by atoms with Gasteiger partial charge in [-0.05, 0) is 39.0 Å². The van der Waals surface area contributed by atoms with E-state index >= 15 is 0 Å². The molecule has 0 amide bonds. The Bertz CT molecular complexity index is 500. The third kappa shape index (κ3) is 4.61. The minimum Gasteiger partial charge on any atom is -0.465 e. The molecule has 0 aliphatic carbocycles. The Kier molecular flexibility index (Phi) is 5.57. The van der Waals surface area contributed by atoms with Crippen LogP contribution in [0.5, 0.6) is 0 Å². The smallest absolute Gasteiger partial charge is 0.416 e. The van der Waals surface area contributed by atoms with Gasteiger partial charge in [0.05, 0.1) is 17.9 Å². The van der Waals surface area contributed by atoms with Gasteiger partial charge in [-0.2, -0.15) is 13.2 Å². The van der Waals surface area contributed by atoms with Crippen molar-refractivity contribution in [2.24, 2.45) is 0 Å². The van der Waals surface area contributed by atoms with E-state index in [4.69, 9.17) is 4.74 Å². The molecule has 0 fully saturated rings. The lowest BCUT2D eigenvalue weighted by molar-refractivity contribution is -0.141. The van der Waals surface area contributed by atoms with E-state index in [2.05, 4.69) is 0 Å². The van der Waals surface area contributed by atoms with Crippen LogP contribution in [-0.2, 0) is 15.7 Å². The second-order valence-electron chi connectivity index (χ2n) is 4.69. The first-order valence-electron chi connectivity index (χ1n) is 6.45. The highest BCUT2D eigenvalue weighted by atomic mass is 19.4. The molecule has 0 saturated heterocycles. The monoisotopic (exact) mass is 307 g/mol. The van der Waals surface area contributed by atoms with Crippen LogP contribution >= 0.6 is 0 Å². The Hall–Kier alpha value is -1.79. The first-order chi connectivity index (χ1) is 9.66. The summed E-state index contributed by atoms with van der Waals surface area (Å²) in [5.74, 6) is -1.59. The number of carbonyl (C=O) groups excluding carboxylic acids is 1. The van der Waals surface area contributed by atoms with Crippen LogP contribution < -0.4 is 4.90 Å². The van der Waals surface area contributed by atoms with Gasteiger partial charge < -0.3 is 9.64 Å². The largest absolute Gasteiger partial charge is 0.465 e. The van der Waals surface area contributed by atoms with E-state index in [9.17, 15) is 22.4 Å². The van der Waals surface area contributed by atoms with Gasteiger partial charge in [0.2, 0.25) is 0 Å². The second kappa shape index (κ2) is 6.78. The van der Waals surface area contributed by atoms with Crippen molar-refractivity contribution in [2.75, 3.05) is 18.1 Å².